The molecule has 1 saturated carbocycles. The number of nitrogens with zero attached hydrogens (tertiary/aromatic N) is 3. The summed E-state index contributed by atoms with van der Waals surface area (Å²) in [5, 5.41) is 9.36. The van der Waals surface area contributed by atoms with E-state index in [1.165, 1.54) is 38.5 Å². The zero-order valence-electron chi connectivity index (χ0n) is 14.4. The maximum atomic E-state index is 9.36. The second kappa shape index (κ2) is 8.06. The molecule has 1 aliphatic carbocycles. The van der Waals surface area contributed by atoms with Crippen molar-refractivity contribution < 1.29 is 0 Å². The summed E-state index contributed by atoms with van der Waals surface area (Å²) in [6.45, 7) is 2.31. The fourth-order valence-electron chi connectivity index (χ4n) is 3.86. The van der Waals surface area contributed by atoms with Crippen molar-refractivity contribution in [3.8, 4) is 17.3 Å². The monoisotopic (exact) mass is 319 g/mol. The van der Waals surface area contributed by atoms with Gasteiger partial charge in [0.15, 0.2) is 0 Å². The molecule has 0 amide bonds. The highest BCUT2D eigenvalue weighted by molar-refractivity contribution is 5.69. The van der Waals surface area contributed by atoms with E-state index in [2.05, 4.69) is 23.0 Å². The van der Waals surface area contributed by atoms with Crippen LogP contribution in [0.15, 0.2) is 36.8 Å². The van der Waals surface area contributed by atoms with Gasteiger partial charge >= 0.3 is 0 Å². The van der Waals surface area contributed by atoms with E-state index < -0.39 is 0 Å². The third kappa shape index (κ3) is 3.82. The van der Waals surface area contributed by atoms with Gasteiger partial charge in [-0.1, -0.05) is 57.2 Å². The minimum atomic E-state index is 0.681. The molecule has 3 rings (SSSR count). The maximum Gasteiger partial charge on any atom is 0.116 e. The molecule has 1 heterocycles. The number of hydrogen-bond donors (Lipinski definition) is 0. The number of nitriles is 1. The van der Waals surface area contributed by atoms with Crippen LogP contribution in [0.1, 0.15) is 56.6 Å². The molecule has 24 heavy (non-hydrogen) atoms. The smallest absolute Gasteiger partial charge is 0.116 e. The van der Waals surface area contributed by atoms with Crippen LogP contribution in [0.3, 0.4) is 0 Å². The molecule has 1 fully saturated rings. The van der Waals surface area contributed by atoms with Crippen LogP contribution < -0.4 is 0 Å². The lowest BCUT2D eigenvalue weighted by molar-refractivity contribution is 0.259. The van der Waals surface area contributed by atoms with Crippen molar-refractivity contribution in [2.75, 3.05) is 0 Å². The molecule has 3 heteroatoms. The molecule has 124 valence electrons. The third-order valence-electron chi connectivity index (χ3n) is 5.46. The lowest BCUT2D eigenvalue weighted by atomic mass is 9.78. The molecular weight excluding hydrogens is 294 g/mol. The van der Waals surface area contributed by atoms with E-state index >= 15 is 0 Å². The number of hydrogen-bond acceptors (Lipinski definition) is 3. The molecule has 0 atom stereocenters. The van der Waals surface area contributed by atoms with Crippen LogP contribution >= 0.6 is 0 Å². The highest BCUT2D eigenvalue weighted by atomic mass is 14.8. The molecule has 0 bridgehead atoms. The van der Waals surface area contributed by atoms with Gasteiger partial charge in [-0.05, 0) is 36.3 Å². The highest BCUT2D eigenvalue weighted by Gasteiger charge is 2.20. The highest BCUT2D eigenvalue weighted by Crippen LogP contribution is 2.34. The Hall–Kier alpha value is -2.21. The van der Waals surface area contributed by atoms with Gasteiger partial charge in [0, 0.05) is 11.8 Å². The predicted octanol–water partition coefficient (Wildman–Crippen LogP) is 5.16. The largest absolute Gasteiger partial charge is 0.244 e. The lowest BCUT2D eigenvalue weighted by Gasteiger charge is -2.27. The maximum absolute atomic E-state index is 9.36. The van der Waals surface area contributed by atoms with Crippen LogP contribution in [-0.2, 0) is 6.42 Å². The van der Waals surface area contributed by atoms with Gasteiger partial charge in [-0.2, -0.15) is 5.26 Å². The zero-order chi connectivity index (χ0) is 16.8. The minimum Gasteiger partial charge on any atom is -0.244 e. The van der Waals surface area contributed by atoms with Gasteiger partial charge in [-0.3, -0.25) is 0 Å². The second-order valence-electron chi connectivity index (χ2n) is 6.89. The first-order valence-corrected chi connectivity index (χ1v) is 9.10. The van der Waals surface area contributed by atoms with Crippen LogP contribution in [0.25, 0.3) is 11.3 Å². The van der Waals surface area contributed by atoms with E-state index in [9.17, 15) is 5.26 Å². The van der Waals surface area contributed by atoms with Crippen molar-refractivity contribution in [2.45, 2.75) is 51.9 Å². The van der Waals surface area contributed by atoms with Gasteiger partial charge < -0.3 is 0 Å². The van der Waals surface area contributed by atoms with Crippen molar-refractivity contribution in [2.24, 2.45) is 11.8 Å². The second-order valence-corrected chi connectivity index (χ2v) is 6.89. The first kappa shape index (κ1) is 16.6. The van der Waals surface area contributed by atoms with E-state index in [-0.39, 0.29) is 0 Å². The zero-order valence-corrected chi connectivity index (χ0v) is 14.4. The summed E-state index contributed by atoms with van der Waals surface area (Å²) in [5.41, 5.74) is 3.69. The minimum absolute atomic E-state index is 0.681. The van der Waals surface area contributed by atoms with Crippen molar-refractivity contribution >= 4 is 0 Å². The average molecular weight is 319 g/mol. The Labute approximate surface area is 144 Å². The number of aryl methyl sites for hydroxylation is 1. The molecule has 0 unspecified atom stereocenters. The van der Waals surface area contributed by atoms with Crippen LogP contribution in [0.5, 0.6) is 0 Å². The predicted molar refractivity (Wildman–Crippen MR) is 96.2 cm³/mol. The lowest BCUT2D eigenvalue weighted by Crippen LogP contribution is -2.14. The molecule has 0 N–H and O–H groups in total. The summed E-state index contributed by atoms with van der Waals surface area (Å²) >= 11 is 0. The Morgan fingerprint density at radius 1 is 1.12 bits per heavy atom. The number of aromatic nitrogens is 2. The average Bonchev–Trinajstić information content (AvgIpc) is 2.67. The molecular formula is C21H25N3. The number of rotatable bonds is 5. The summed E-state index contributed by atoms with van der Waals surface area (Å²) in [6.07, 6.45) is 12.5. The van der Waals surface area contributed by atoms with Gasteiger partial charge in [0.2, 0.25) is 0 Å². The first-order valence-electron chi connectivity index (χ1n) is 9.10. The van der Waals surface area contributed by atoms with Crippen molar-refractivity contribution in [3.63, 3.8) is 0 Å². The van der Waals surface area contributed by atoms with E-state index in [0.29, 0.717) is 5.56 Å². The Morgan fingerprint density at radius 3 is 2.62 bits per heavy atom. The normalized spacial score (nSPS) is 20.5. The fourth-order valence-corrected chi connectivity index (χ4v) is 3.86. The van der Waals surface area contributed by atoms with E-state index in [0.717, 1.165) is 35.1 Å². The van der Waals surface area contributed by atoms with E-state index in [1.807, 2.05) is 30.5 Å². The Bertz CT molecular complexity index is 709. The van der Waals surface area contributed by atoms with Gasteiger partial charge in [-0.15, -0.1) is 0 Å². The Kier molecular flexibility index (Phi) is 5.59. The topological polar surface area (TPSA) is 49.6 Å². The van der Waals surface area contributed by atoms with Crippen molar-refractivity contribution in [1.29, 1.82) is 5.26 Å². The standard InChI is InChI=1S/C21H25N3/c1-2-16-7-9-17(10-8-16)11-12-19-14-23-15-24-21(19)20-6-4-3-5-18(20)13-22/h3-6,14-17H,2,7-12H2,1H3. The summed E-state index contributed by atoms with van der Waals surface area (Å²) in [5.74, 6) is 1.77. The molecule has 1 aromatic heterocycles. The molecule has 1 aliphatic rings. The van der Waals surface area contributed by atoms with Gasteiger partial charge in [-0.25, -0.2) is 9.97 Å². The quantitative estimate of drug-likeness (QED) is 0.764. The third-order valence-corrected chi connectivity index (χ3v) is 5.46. The Balaban J connectivity index is 1.72. The molecule has 2 aromatic rings. The molecule has 1 aromatic carbocycles. The summed E-state index contributed by atoms with van der Waals surface area (Å²) < 4.78 is 0. The van der Waals surface area contributed by atoms with E-state index in [4.69, 9.17) is 0 Å². The van der Waals surface area contributed by atoms with Crippen molar-refractivity contribution in [1.82, 2.24) is 9.97 Å². The molecule has 3 nitrogen and oxygen atoms in total. The van der Waals surface area contributed by atoms with Crippen molar-refractivity contribution in [3.05, 3.63) is 47.9 Å². The fraction of sp³-hybridized carbons (Fsp3) is 0.476. The van der Waals surface area contributed by atoms with Crippen LogP contribution in [-0.4, -0.2) is 9.97 Å². The molecule has 0 aliphatic heterocycles. The summed E-state index contributed by atoms with van der Waals surface area (Å²) in [6, 6.07) is 9.98. The first-order chi connectivity index (χ1) is 11.8. The van der Waals surface area contributed by atoms with Crippen LogP contribution in [0, 0.1) is 23.2 Å². The molecule has 0 saturated heterocycles. The molecule has 0 radical (unpaired) electrons. The van der Waals surface area contributed by atoms with Crippen LogP contribution in [0.4, 0.5) is 0 Å². The summed E-state index contributed by atoms with van der Waals surface area (Å²) in [7, 11) is 0. The SMILES string of the molecule is CCC1CCC(CCc2cncnc2-c2ccccc2C#N)CC1. The van der Waals surface area contributed by atoms with Gasteiger partial charge in [0.05, 0.1) is 17.3 Å². The van der Waals surface area contributed by atoms with Gasteiger partial charge in [0.1, 0.15) is 6.33 Å². The van der Waals surface area contributed by atoms with Crippen LogP contribution in [0.2, 0.25) is 0 Å². The molecule has 0 spiro atoms. The van der Waals surface area contributed by atoms with E-state index in [1.54, 1.807) is 6.33 Å². The van der Waals surface area contributed by atoms with Gasteiger partial charge in [0.25, 0.3) is 0 Å². The Morgan fingerprint density at radius 2 is 1.88 bits per heavy atom. The summed E-state index contributed by atoms with van der Waals surface area (Å²) in [4.78, 5) is 8.71. The number of benzene rings is 1.